The van der Waals surface area contributed by atoms with Crippen LogP contribution in [-0.4, -0.2) is 63.5 Å². The largest absolute Gasteiger partial charge is 0.549 e. The second-order valence-electron chi connectivity index (χ2n) is 11.6. The van der Waals surface area contributed by atoms with Crippen LogP contribution in [0.5, 0.6) is 0 Å². The van der Waals surface area contributed by atoms with Gasteiger partial charge in [0.25, 0.3) is 5.84 Å². The molecule has 1 radical (unpaired) electrons. The highest BCUT2D eigenvalue weighted by Crippen LogP contribution is 2.42. The molecule has 1 amide bonds. The van der Waals surface area contributed by atoms with Crippen molar-refractivity contribution in [3.63, 3.8) is 0 Å². The molecule has 1 aliphatic carbocycles. The lowest BCUT2D eigenvalue weighted by Gasteiger charge is -2.39. The molecule has 3 N–H and O–H groups in total. The summed E-state index contributed by atoms with van der Waals surface area (Å²) in [7, 11) is 2.30. The molecule has 1 unspecified atom stereocenters. The molecular weight excluding hydrogens is 521 g/mol. The van der Waals surface area contributed by atoms with Crippen LogP contribution in [0.15, 0.2) is 65.9 Å². The highest BCUT2D eigenvalue weighted by atomic mass is 35.5. The summed E-state index contributed by atoms with van der Waals surface area (Å²) >= 11 is 5.70. The first kappa shape index (κ1) is 25.8. The number of halogens is 1. The van der Waals surface area contributed by atoms with Gasteiger partial charge in [0.15, 0.2) is 0 Å². The molecule has 1 aromatic rings. The molecule has 8 nitrogen and oxygen atoms in total. The number of amidine groups is 1. The standard InChI is InChI=1S/C30H36BClN7O/c32-19-27(40)33-23-10-8-22(9-11-23)30-25-12-14-28(36-16-4-1-5-17-36)38(25)31-39-26(30)13-15-29(39)37-20-24(34-35-37)18-21-6-2-3-7-21/h8-12,14-15,20-21,26,34-35H,1-7,13,16-19H2/p+1. The molecule has 1 saturated carbocycles. The predicted octanol–water partition coefficient (Wildman–Crippen LogP) is 4.25. The molecular formula is C30H37BClN7O+. The molecule has 7 rings (SSSR count). The number of nitrogens with zero attached hydrogens (tertiary/aromatic N) is 4. The summed E-state index contributed by atoms with van der Waals surface area (Å²) in [6.07, 6.45) is 20.4. The van der Waals surface area contributed by atoms with Crippen molar-refractivity contribution in [1.29, 1.82) is 0 Å². The minimum absolute atomic E-state index is 0.0521. The Labute approximate surface area is 242 Å². The Bertz CT molecular complexity index is 1320. The zero-order chi connectivity index (χ0) is 27.1. The van der Waals surface area contributed by atoms with Gasteiger partial charge in [-0.25, -0.2) is 0 Å². The number of nitrogens with one attached hydrogen (secondary N) is 3. The Hall–Kier alpha value is -3.17. The third kappa shape index (κ3) is 4.83. The zero-order valence-electron chi connectivity index (χ0n) is 22.9. The molecule has 0 spiro atoms. The van der Waals surface area contributed by atoms with Crippen molar-refractivity contribution >= 4 is 42.2 Å². The van der Waals surface area contributed by atoms with Crippen LogP contribution in [0.4, 0.5) is 5.69 Å². The lowest BCUT2D eigenvalue weighted by Crippen LogP contribution is -2.54. The minimum Gasteiger partial charge on any atom is -0.353 e. The van der Waals surface area contributed by atoms with E-state index >= 15 is 0 Å². The Morgan fingerprint density at radius 2 is 1.88 bits per heavy atom. The molecule has 5 aliphatic heterocycles. The summed E-state index contributed by atoms with van der Waals surface area (Å²) in [6.45, 7) is 2.19. The van der Waals surface area contributed by atoms with Gasteiger partial charge < -0.3 is 15.6 Å². The normalized spacial score (nSPS) is 24.2. The number of alkyl halides is 1. The van der Waals surface area contributed by atoms with E-state index in [-0.39, 0.29) is 17.8 Å². The van der Waals surface area contributed by atoms with E-state index in [1.807, 2.05) is 12.1 Å². The average Bonchev–Trinajstić information content (AvgIpc) is 3.80. The molecule has 0 bridgehead atoms. The number of amides is 1. The van der Waals surface area contributed by atoms with Gasteiger partial charge >= 0.3 is 7.55 Å². The van der Waals surface area contributed by atoms with E-state index in [4.69, 9.17) is 11.6 Å². The van der Waals surface area contributed by atoms with Crippen LogP contribution in [0.3, 0.4) is 0 Å². The van der Waals surface area contributed by atoms with Crippen LogP contribution < -0.4 is 16.3 Å². The Morgan fingerprint density at radius 3 is 2.65 bits per heavy atom. The number of carbonyl (C=O) groups is 1. The maximum atomic E-state index is 11.8. The summed E-state index contributed by atoms with van der Waals surface area (Å²) in [6, 6.07) is 8.37. The fourth-order valence-electron chi connectivity index (χ4n) is 7.04. The van der Waals surface area contributed by atoms with Gasteiger partial charge in [-0.15, -0.1) is 17.1 Å². The monoisotopic (exact) mass is 557 g/mol. The van der Waals surface area contributed by atoms with Crippen molar-refractivity contribution in [1.82, 2.24) is 25.6 Å². The van der Waals surface area contributed by atoms with Crippen LogP contribution in [0, 0.1) is 5.92 Å². The lowest BCUT2D eigenvalue weighted by molar-refractivity contribution is -0.539. The van der Waals surface area contributed by atoms with Gasteiger partial charge in [-0.2, -0.15) is 0 Å². The molecule has 2 fully saturated rings. The molecule has 1 atom stereocenters. The smallest absolute Gasteiger partial charge is 0.353 e. The van der Waals surface area contributed by atoms with Crippen molar-refractivity contribution in [2.75, 3.05) is 24.3 Å². The quantitative estimate of drug-likeness (QED) is 0.276. The molecule has 40 heavy (non-hydrogen) atoms. The topological polar surface area (TPSA) is 65.9 Å². The van der Waals surface area contributed by atoms with E-state index in [0.717, 1.165) is 48.9 Å². The van der Waals surface area contributed by atoms with Gasteiger partial charge in [-0.1, -0.05) is 37.8 Å². The molecule has 6 aliphatic rings. The Balaban J connectivity index is 1.20. The molecule has 0 aromatic heterocycles. The lowest BCUT2D eigenvalue weighted by atomic mass is 9.85. The van der Waals surface area contributed by atoms with Crippen LogP contribution in [0.25, 0.3) is 5.57 Å². The predicted molar refractivity (Wildman–Crippen MR) is 159 cm³/mol. The first-order valence-corrected chi connectivity index (χ1v) is 15.4. The van der Waals surface area contributed by atoms with Gasteiger partial charge in [-0.05, 0) is 67.9 Å². The number of allylic oxidation sites excluding steroid dienone is 2. The average molecular weight is 558 g/mol. The molecule has 207 valence electrons. The molecule has 1 saturated heterocycles. The number of fused-ring (bicyclic) bond motifs is 2. The van der Waals surface area contributed by atoms with Crippen molar-refractivity contribution in [3.8, 4) is 0 Å². The summed E-state index contributed by atoms with van der Waals surface area (Å²) in [5.74, 6) is 2.94. The van der Waals surface area contributed by atoms with Crippen molar-refractivity contribution in [2.24, 2.45) is 5.92 Å². The number of hydrogen-bond donors (Lipinski definition) is 3. The van der Waals surface area contributed by atoms with Gasteiger partial charge in [0.2, 0.25) is 5.91 Å². The van der Waals surface area contributed by atoms with Crippen LogP contribution in [0.2, 0.25) is 0 Å². The summed E-state index contributed by atoms with van der Waals surface area (Å²) in [5.41, 5.74) is 12.6. The Morgan fingerprint density at radius 1 is 1.07 bits per heavy atom. The van der Waals surface area contributed by atoms with E-state index < -0.39 is 0 Å². The zero-order valence-corrected chi connectivity index (χ0v) is 23.7. The van der Waals surface area contributed by atoms with Gasteiger partial charge in [0.1, 0.15) is 17.4 Å². The van der Waals surface area contributed by atoms with E-state index in [0.29, 0.717) is 0 Å². The summed E-state index contributed by atoms with van der Waals surface area (Å²) in [5, 5.41) is 5.01. The second kappa shape index (κ2) is 11.0. The first-order valence-electron chi connectivity index (χ1n) is 14.8. The maximum absolute atomic E-state index is 11.8. The fourth-order valence-corrected chi connectivity index (χ4v) is 7.11. The van der Waals surface area contributed by atoms with Crippen LogP contribution >= 0.6 is 11.6 Å². The fraction of sp³-hybridized carbons (Fsp3) is 0.467. The number of hydrogen-bond acceptors (Lipinski definition) is 5. The molecule has 10 heteroatoms. The van der Waals surface area contributed by atoms with Crippen LogP contribution in [0.1, 0.15) is 63.4 Å². The number of hydrazine groups is 2. The van der Waals surface area contributed by atoms with Gasteiger partial charge in [0.05, 0.1) is 19.1 Å². The van der Waals surface area contributed by atoms with Gasteiger partial charge in [0, 0.05) is 29.2 Å². The summed E-state index contributed by atoms with van der Waals surface area (Å²) < 4.78 is 2.53. The SMILES string of the molecule is O=C(CCl)Nc1ccc(C2=C3C=CC(=[N+]4CCCCC4)N3[B]N3C(N4C=C(CC5CCCC5)NN4)=CCC23)cc1. The number of piperidine rings is 1. The highest BCUT2D eigenvalue weighted by Gasteiger charge is 2.48. The minimum atomic E-state index is -0.197. The number of benzene rings is 1. The highest BCUT2D eigenvalue weighted by molar-refractivity contribution is 6.39. The number of anilines is 1. The van der Waals surface area contributed by atoms with E-state index in [1.54, 1.807) is 0 Å². The number of carbonyl (C=O) groups excluding carboxylic acids is 1. The Kier molecular flexibility index (Phi) is 7.10. The summed E-state index contributed by atoms with van der Waals surface area (Å²) in [4.78, 5) is 16.6. The maximum Gasteiger partial charge on any atom is 0.549 e. The van der Waals surface area contributed by atoms with Crippen molar-refractivity contribution < 1.29 is 9.37 Å². The first-order chi connectivity index (χ1) is 19.7. The van der Waals surface area contributed by atoms with E-state index in [1.165, 1.54) is 67.7 Å². The second-order valence-corrected chi connectivity index (χ2v) is 11.9. The van der Waals surface area contributed by atoms with E-state index in [2.05, 4.69) is 79.6 Å². The number of rotatable bonds is 6. The third-order valence-corrected chi connectivity index (χ3v) is 9.25. The van der Waals surface area contributed by atoms with Crippen LogP contribution in [-0.2, 0) is 4.79 Å². The van der Waals surface area contributed by atoms with Crippen molar-refractivity contribution in [3.05, 3.63) is 71.5 Å². The molecule has 1 aromatic carbocycles. The third-order valence-electron chi connectivity index (χ3n) is 9.00. The molecule has 5 heterocycles. The van der Waals surface area contributed by atoms with E-state index in [9.17, 15) is 4.79 Å². The van der Waals surface area contributed by atoms with Crippen molar-refractivity contribution in [2.45, 2.75) is 63.8 Å². The van der Waals surface area contributed by atoms with Gasteiger partial charge in [-0.3, -0.25) is 19.2 Å².